The van der Waals surface area contributed by atoms with E-state index < -0.39 is 0 Å². The Kier molecular flexibility index (Phi) is 4.77. The van der Waals surface area contributed by atoms with Crippen molar-refractivity contribution in [3.63, 3.8) is 0 Å². The molecule has 0 radical (unpaired) electrons. The van der Waals surface area contributed by atoms with E-state index in [1.807, 2.05) is 12.1 Å². The monoisotopic (exact) mass is 240 g/mol. The molecule has 16 heavy (non-hydrogen) atoms. The second-order valence-electron chi connectivity index (χ2n) is 3.87. The lowest BCUT2D eigenvalue weighted by Crippen LogP contribution is -2.32. The SMILES string of the molecule is Cl.NCCNC(=O)C1CCc2ccccc21. The standard InChI is InChI=1S/C12H16N2O.ClH/c13-7-8-14-12(15)11-6-5-9-3-1-2-4-10(9)11;/h1-4,11H,5-8,13H2,(H,14,15);1H. The van der Waals surface area contributed by atoms with Crippen LogP contribution >= 0.6 is 12.4 Å². The fourth-order valence-corrected chi connectivity index (χ4v) is 2.15. The molecule has 4 heteroatoms. The maximum Gasteiger partial charge on any atom is 0.227 e. The van der Waals surface area contributed by atoms with Crippen LogP contribution < -0.4 is 11.1 Å². The molecular weight excluding hydrogens is 224 g/mol. The van der Waals surface area contributed by atoms with E-state index in [0.717, 1.165) is 12.8 Å². The molecule has 1 amide bonds. The number of carbonyl (C=O) groups is 1. The van der Waals surface area contributed by atoms with E-state index in [4.69, 9.17) is 5.73 Å². The molecular formula is C12H17ClN2O. The molecule has 2 rings (SSSR count). The number of carbonyl (C=O) groups excluding carboxylic acids is 1. The van der Waals surface area contributed by atoms with E-state index >= 15 is 0 Å². The van der Waals surface area contributed by atoms with Crippen LogP contribution in [0.4, 0.5) is 0 Å². The number of fused-ring (bicyclic) bond motifs is 1. The smallest absolute Gasteiger partial charge is 0.227 e. The molecule has 1 aromatic carbocycles. The van der Waals surface area contributed by atoms with Crippen LogP contribution in [0.15, 0.2) is 24.3 Å². The summed E-state index contributed by atoms with van der Waals surface area (Å²) < 4.78 is 0. The van der Waals surface area contributed by atoms with E-state index in [9.17, 15) is 4.79 Å². The van der Waals surface area contributed by atoms with E-state index in [-0.39, 0.29) is 24.2 Å². The number of aryl methyl sites for hydroxylation is 1. The second kappa shape index (κ2) is 5.87. The van der Waals surface area contributed by atoms with Gasteiger partial charge in [-0.15, -0.1) is 12.4 Å². The van der Waals surface area contributed by atoms with Crippen LogP contribution in [-0.4, -0.2) is 19.0 Å². The number of hydrogen-bond donors (Lipinski definition) is 2. The summed E-state index contributed by atoms with van der Waals surface area (Å²) in [4.78, 5) is 11.8. The average Bonchev–Trinajstić information content (AvgIpc) is 2.69. The minimum atomic E-state index is 0. The highest BCUT2D eigenvalue weighted by molar-refractivity contribution is 5.85. The Morgan fingerprint density at radius 3 is 2.94 bits per heavy atom. The summed E-state index contributed by atoms with van der Waals surface area (Å²) in [7, 11) is 0. The van der Waals surface area contributed by atoms with E-state index in [1.165, 1.54) is 11.1 Å². The lowest BCUT2D eigenvalue weighted by molar-refractivity contribution is -0.122. The zero-order chi connectivity index (χ0) is 10.7. The van der Waals surface area contributed by atoms with Gasteiger partial charge in [-0.25, -0.2) is 0 Å². The van der Waals surface area contributed by atoms with Crippen molar-refractivity contribution in [3.8, 4) is 0 Å². The van der Waals surface area contributed by atoms with E-state index in [2.05, 4.69) is 17.4 Å². The first-order valence-electron chi connectivity index (χ1n) is 5.38. The van der Waals surface area contributed by atoms with Crippen molar-refractivity contribution in [2.45, 2.75) is 18.8 Å². The quantitative estimate of drug-likeness (QED) is 0.835. The fraction of sp³-hybridized carbons (Fsp3) is 0.417. The van der Waals surface area contributed by atoms with Crippen molar-refractivity contribution in [1.29, 1.82) is 0 Å². The van der Waals surface area contributed by atoms with Crippen LogP contribution in [0.5, 0.6) is 0 Å². The molecule has 1 aliphatic rings. The highest BCUT2D eigenvalue weighted by Gasteiger charge is 2.27. The number of amides is 1. The number of rotatable bonds is 3. The number of nitrogens with two attached hydrogens (primary N) is 1. The Balaban J connectivity index is 0.00000128. The Bertz CT molecular complexity index is 368. The van der Waals surface area contributed by atoms with Gasteiger partial charge in [-0.2, -0.15) is 0 Å². The average molecular weight is 241 g/mol. The van der Waals surface area contributed by atoms with Crippen LogP contribution in [0, 0.1) is 0 Å². The van der Waals surface area contributed by atoms with E-state index in [1.54, 1.807) is 0 Å². The highest BCUT2D eigenvalue weighted by Crippen LogP contribution is 2.32. The van der Waals surface area contributed by atoms with Crippen LogP contribution in [0.1, 0.15) is 23.5 Å². The van der Waals surface area contributed by atoms with Gasteiger partial charge in [0.25, 0.3) is 0 Å². The first-order chi connectivity index (χ1) is 7.33. The van der Waals surface area contributed by atoms with Crippen LogP contribution in [-0.2, 0) is 11.2 Å². The van der Waals surface area contributed by atoms with Crippen molar-refractivity contribution in [2.75, 3.05) is 13.1 Å². The number of nitrogens with one attached hydrogen (secondary N) is 1. The topological polar surface area (TPSA) is 55.1 Å². The Morgan fingerprint density at radius 1 is 1.44 bits per heavy atom. The third-order valence-corrected chi connectivity index (χ3v) is 2.89. The van der Waals surface area contributed by atoms with Crippen molar-refractivity contribution in [3.05, 3.63) is 35.4 Å². The van der Waals surface area contributed by atoms with Crippen molar-refractivity contribution >= 4 is 18.3 Å². The lowest BCUT2D eigenvalue weighted by atomic mass is 10.0. The molecule has 1 unspecified atom stereocenters. The second-order valence-corrected chi connectivity index (χ2v) is 3.87. The van der Waals surface area contributed by atoms with Gasteiger partial charge in [-0.05, 0) is 24.0 Å². The summed E-state index contributed by atoms with van der Waals surface area (Å²) in [6.07, 6.45) is 1.94. The third kappa shape index (κ3) is 2.54. The maximum absolute atomic E-state index is 11.8. The molecule has 0 bridgehead atoms. The predicted octanol–water partition coefficient (Wildman–Crippen LogP) is 1.21. The summed E-state index contributed by atoms with van der Waals surface area (Å²) in [6, 6.07) is 8.17. The molecule has 0 fully saturated rings. The Morgan fingerprint density at radius 2 is 2.19 bits per heavy atom. The molecule has 1 aliphatic carbocycles. The lowest BCUT2D eigenvalue weighted by Gasteiger charge is -2.11. The largest absolute Gasteiger partial charge is 0.354 e. The van der Waals surface area contributed by atoms with Gasteiger partial charge >= 0.3 is 0 Å². The van der Waals surface area contributed by atoms with Gasteiger partial charge in [-0.3, -0.25) is 4.79 Å². The minimum absolute atomic E-state index is 0. The zero-order valence-corrected chi connectivity index (χ0v) is 9.93. The molecule has 1 aromatic rings. The van der Waals surface area contributed by atoms with Gasteiger partial charge in [0.1, 0.15) is 0 Å². The molecule has 88 valence electrons. The molecule has 3 nitrogen and oxygen atoms in total. The molecule has 0 aromatic heterocycles. The van der Waals surface area contributed by atoms with Gasteiger partial charge in [0.2, 0.25) is 5.91 Å². The first kappa shape index (κ1) is 13.0. The molecule has 0 saturated carbocycles. The van der Waals surface area contributed by atoms with Gasteiger partial charge in [0, 0.05) is 13.1 Å². The van der Waals surface area contributed by atoms with Gasteiger partial charge < -0.3 is 11.1 Å². The minimum Gasteiger partial charge on any atom is -0.354 e. The molecule has 0 heterocycles. The summed E-state index contributed by atoms with van der Waals surface area (Å²) in [5, 5.41) is 2.85. The highest BCUT2D eigenvalue weighted by atomic mass is 35.5. The Labute approximate surface area is 102 Å². The molecule has 3 N–H and O–H groups in total. The fourth-order valence-electron chi connectivity index (χ4n) is 2.15. The van der Waals surface area contributed by atoms with Gasteiger partial charge in [0.15, 0.2) is 0 Å². The van der Waals surface area contributed by atoms with Gasteiger partial charge in [0.05, 0.1) is 5.92 Å². The summed E-state index contributed by atoms with van der Waals surface area (Å²) >= 11 is 0. The van der Waals surface area contributed by atoms with Crippen LogP contribution in [0.25, 0.3) is 0 Å². The first-order valence-corrected chi connectivity index (χ1v) is 5.38. The number of benzene rings is 1. The van der Waals surface area contributed by atoms with Crippen molar-refractivity contribution in [2.24, 2.45) is 5.73 Å². The predicted molar refractivity (Wildman–Crippen MR) is 66.8 cm³/mol. The van der Waals surface area contributed by atoms with Crippen LogP contribution in [0.3, 0.4) is 0 Å². The van der Waals surface area contributed by atoms with E-state index in [0.29, 0.717) is 13.1 Å². The van der Waals surface area contributed by atoms with Crippen molar-refractivity contribution < 1.29 is 4.79 Å². The molecule has 0 aliphatic heterocycles. The molecule has 0 saturated heterocycles. The summed E-state index contributed by atoms with van der Waals surface area (Å²) in [5.41, 5.74) is 7.85. The Hall–Kier alpha value is -1.06. The summed E-state index contributed by atoms with van der Waals surface area (Å²) in [6.45, 7) is 1.07. The van der Waals surface area contributed by atoms with Crippen LogP contribution in [0.2, 0.25) is 0 Å². The molecule has 0 spiro atoms. The number of halogens is 1. The number of hydrogen-bond acceptors (Lipinski definition) is 2. The third-order valence-electron chi connectivity index (χ3n) is 2.89. The maximum atomic E-state index is 11.8. The van der Waals surface area contributed by atoms with Crippen molar-refractivity contribution in [1.82, 2.24) is 5.32 Å². The molecule has 1 atom stereocenters. The zero-order valence-electron chi connectivity index (χ0n) is 9.11. The summed E-state index contributed by atoms with van der Waals surface area (Å²) in [5.74, 6) is 0.151. The normalized spacial score (nSPS) is 17.4. The van der Waals surface area contributed by atoms with Gasteiger partial charge in [-0.1, -0.05) is 24.3 Å².